The number of hydrogen-bond donors (Lipinski definition) is 3. The molecule has 3 N–H and O–H groups in total. The molecule has 1 atom stereocenters. The van der Waals surface area contributed by atoms with E-state index >= 15 is 0 Å². The van der Waals surface area contributed by atoms with Crippen molar-refractivity contribution in [1.29, 1.82) is 0 Å². The first-order valence-corrected chi connectivity index (χ1v) is 10.2. The van der Waals surface area contributed by atoms with E-state index in [0.717, 1.165) is 22.0 Å². The number of aliphatic hydroxyl groups is 1. The van der Waals surface area contributed by atoms with E-state index < -0.39 is 6.04 Å². The molecule has 29 heavy (non-hydrogen) atoms. The van der Waals surface area contributed by atoms with Crippen molar-refractivity contribution in [3.8, 4) is 11.8 Å². The minimum atomic E-state index is -0.392. The summed E-state index contributed by atoms with van der Waals surface area (Å²) in [6, 6.07) is 13.1. The molecule has 5 nitrogen and oxygen atoms in total. The lowest BCUT2D eigenvalue weighted by Crippen LogP contribution is -2.39. The van der Waals surface area contributed by atoms with Crippen LogP contribution in [0.5, 0.6) is 0 Å². The number of fused-ring (bicyclic) bond motifs is 1. The number of para-hydroxylation sites is 1. The summed E-state index contributed by atoms with van der Waals surface area (Å²) in [6.45, 7) is 0.500. The number of aromatic amines is 1. The van der Waals surface area contributed by atoms with Gasteiger partial charge in [-0.05, 0) is 66.3 Å². The first kappa shape index (κ1) is 21.1. The summed E-state index contributed by atoms with van der Waals surface area (Å²) in [5.41, 5.74) is 3.37. The number of carbonyl (C=O) groups is 1. The molecule has 1 unspecified atom stereocenters. The molecular formula is C23H24BrN3O2. The normalized spacial score (nSPS) is 11.9. The maximum Gasteiger partial charge on any atom is 0.252 e. The third-order valence-electron chi connectivity index (χ3n) is 4.54. The third kappa shape index (κ3) is 5.48. The number of nitrogens with zero attached hydrogens (tertiary/aromatic N) is 1. The molecule has 1 heterocycles. The maximum atomic E-state index is 12.8. The van der Waals surface area contributed by atoms with Crippen molar-refractivity contribution < 1.29 is 9.90 Å². The minimum absolute atomic E-state index is 0.148. The number of rotatable bonds is 6. The van der Waals surface area contributed by atoms with E-state index in [9.17, 15) is 9.90 Å². The van der Waals surface area contributed by atoms with Crippen LogP contribution in [0.1, 0.15) is 21.5 Å². The second-order valence-electron chi connectivity index (χ2n) is 7.15. The van der Waals surface area contributed by atoms with E-state index in [-0.39, 0.29) is 12.5 Å². The van der Waals surface area contributed by atoms with Crippen molar-refractivity contribution in [3.05, 3.63) is 69.8 Å². The molecule has 0 fully saturated rings. The van der Waals surface area contributed by atoms with Gasteiger partial charge in [-0.1, -0.05) is 30.0 Å². The van der Waals surface area contributed by atoms with Gasteiger partial charge in [0.25, 0.3) is 5.91 Å². The van der Waals surface area contributed by atoms with Gasteiger partial charge in [0.15, 0.2) is 0 Å². The largest absolute Gasteiger partial charge is 0.394 e. The highest BCUT2D eigenvalue weighted by Gasteiger charge is 2.17. The van der Waals surface area contributed by atoms with Gasteiger partial charge < -0.3 is 15.4 Å². The monoisotopic (exact) mass is 453 g/mol. The van der Waals surface area contributed by atoms with Gasteiger partial charge in [0.2, 0.25) is 0 Å². The zero-order valence-electron chi connectivity index (χ0n) is 16.5. The van der Waals surface area contributed by atoms with Crippen LogP contribution >= 0.6 is 15.9 Å². The molecule has 0 saturated carbocycles. The van der Waals surface area contributed by atoms with Crippen molar-refractivity contribution in [2.45, 2.75) is 12.5 Å². The first-order valence-electron chi connectivity index (χ1n) is 9.38. The fourth-order valence-corrected chi connectivity index (χ4v) is 3.49. The summed E-state index contributed by atoms with van der Waals surface area (Å²) in [4.78, 5) is 18.1. The SMILES string of the molecule is CN(C)CC#Cc1ccc(Br)c(C(=O)NC(CO)Cc2c[nH]c3ccccc23)c1. The van der Waals surface area contributed by atoms with Gasteiger partial charge in [-0.25, -0.2) is 0 Å². The van der Waals surface area contributed by atoms with Crippen LogP contribution in [0.3, 0.4) is 0 Å². The Labute approximate surface area is 179 Å². The highest BCUT2D eigenvalue weighted by Crippen LogP contribution is 2.21. The quantitative estimate of drug-likeness (QED) is 0.502. The molecule has 3 rings (SSSR count). The van der Waals surface area contributed by atoms with Crippen LogP contribution in [0.4, 0.5) is 0 Å². The number of benzene rings is 2. The summed E-state index contributed by atoms with van der Waals surface area (Å²) in [5.74, 6) is 5.90. The molecule has 0 bridgehead atoms. The number of H-pyrrole nitrogens is 1. The highest BCUT2D eigenvalue weighted by molar-refractivity contribution is 9.10. The third-order valence-corrected chi connectivity index (χ3v) is 5.23. The lowest BCUT2D eigenvalue weighted by atomic mass is 10.0. The number of aliphatic hydroxyl groups excluding tert-OH is 1. The summed E-state index contributed by atoms with van der Waals surface area (Å²) < 4.78 is 0.692. The molecule has 0 radical (unpaired) electrons. The Bertz CT molecular complexity index is 1060. The Kier molecular flexibility index (Phi) is 7.10. The molecule has 0 aliphatic carbocycles. The first-order chi connectivity index (χ1) is 14.0. The topological polar surface area (TPSA) is 68.4 Å². The molecule has 3 aromatic rings. The summed E-state index contributed by atoms with van der Waals surface area (Å²) in [6.07, 6.45) is 2.46. The maximum absolute atomic E-state index is 12.8. The molecule has 150 valence electrons. The molecule has 1 amide bonds. The van der Waals surface area contributed by atoms with Gasteiger partial charge in [-0.2, -0.15) is 0 Å². The molecular weight excluding hydrogens is 430 g/mol. The van der Waals surface area contributed by atoms with E-state index in [1.54, 1.807) is 6.07 Å². The van der Waals surface area contributed by atoms with Crippen LogP contribution in [0.25, 0.3) is 10.9 Å². The molecule has 0 spiro atoms. The average molecular weight is 454 g/mol. The lowest BCUT2D eigenvalue weighted by molar-refractivity contribution is 0.0915. The molecule has 0 saturated heterocycles. The number of aromatic nitrogens is 1. The summed E-state index contributed by atoms with van der Waals surface area (Å²) in [5, 5.41) is 13.9. The standard InChI is InChI=1S/C23H24BrN3O2/c1-27(2)11-5-6-16-9-10-21(24)20(12-16)23(29)26-18(15-28)13-17-14-25-22-8-4-3-7-19(17)22/h3-4,7-10,12,14,18,25,28H,11,13,15H2,1-2H3,(H,26,29). The van der Waals surface area contributed by atoms with E-state index in [1.165, 1.54) is 0 Å². The Morgan fingerprint density at radius 1 is 1.28 bits per heavy atom. The Balaban J connectivity index is 1.74. The van der Waals surface area contributed by atoms with Crippen molar-refractivity contribution in [3.63, 3.8) is 0 Å². The Morgan fingerprint density at radius 2 is 2.07 bits per heavy atom. The minimum Gasteiger partial charge on any atom is -0.394 e. The van der Waals surface area contributed by atoms with E-state index in [1.807, 2.05) is 61.6 Å². The van der Waals surface area contributed by atoms with Crippen LogP contribution in [-0.2, 0) is 6.42 Å². The van der Waals surface area contributed by atoms with Crippen LogP contribution < -0.4 is 5.32 Å². The van der Waals surface area contributed by atoms with E-state index in [4.69, 9.17) is 0 Å². The second kappa shape index (κ2) is 9.75. The predicted molar refractivity (Wildman–Crippen MR) is 120 cm³/mol. The number of carbonyl (C=O) groups excluding carboxylic acids is 1. The molecule has 0 aliphatic rings. The Hall–Kier alpha value is -2.59. The Morgan fingerprint density at radius 3 is 2.83 bits per heavy atom. The fourth-order valence-electron chi connectivity index (χ4n) is 3.07. The van der Waals surface area contributed by atoms with Gasteiger partial charge in [-0.3, -0.25) is 9.69 Å². The molecule has 0 aliphatic heterocycles. The fraction of sp³-hybridized carbons (Fsp3) is 0.261. The van der Waals surface area contributed by atoms with Gasteiger partial charge in [-0.15, -0.1) is 0 Å². The van der Waals surface area contributed by atoms with Gasteiger partial charge >= 0.3 is 0 Å². The van der Waals surface area contributed by atoms with Crippen LogP contribution in [-0.4, -0.2) is 54.2 Å². The number of halogens is 1. The number of nitrogens with one attached hydrogen (secondary N) is 2. The van der Waals surface area contributed by atoms with Crippen molar-refractivity contribution in [2.75, 3.05) is 27.2 Å². The highest BCUT2D eigenvalue weighted by atomic mass is 79.9. The zero-order valence-corrected chi connectivity index (χ0v) is 18.1. The van der Waals surface area contributed by atoms with Crippen LogP contribution in [0.15, 0.2) is 53.1 Å². The van der Waals surface area contributed by atoms with Crippen LogP contribution in [0.2, 0.25) is 0 Å². The predicted octanol–water partition coefficient (Wildman–Crippen LogP) is 3.18. The molecule has 1 aromatic heterocycles. The summed E-state index contributed by atoms with van der Waals surface area (Å²) >= 11 is 3.44. The van der Waals surface area contributed by atoms with Crippen LogP contribution in [0, 0.1) is 11.8 Å². The lowest BCUT2D eigenvalue weighted by Gasteiger charge is -2.17. The summed E-state index contributed by atoms with van der Waals surface area (Å²) in [7, 11) is 3.91. The van der Waals surface area contributed by atoms with E-state index in [0.29, 0.717) is 23.0 Å². The van der Waals surface area contributed by atoms with Gasteiger partial charge in [0.05, 0.1) is 24.8 Å². The van der Waals surface area contributed by atoms with Crippen molar-refractivity contribution in [2.24, 2.45) is 0 Å². The molecule has 6 heteroatoms. The van der Waals surface area contributed by atoms with Gasteiger partial charge in [0, 0.05) is 27.1 Å². The number of amides is 1. The smallest absolute Gasteiger partial charge is 0.252 e. The zero-order chi connectivity index (χ0) is 20.8. The molecule has 2 aromatic carbocycles. The van der Waals surface area contributed by atoms with Crippen molar-refractivity contribution >= 4 is 32.7 Å². The van der Waals surface area contributed by atoms with E-state index in [2.05, 4.69) is 38.1 Å². The average Bonchev–Trinajstić information content (AvgIpc) is 3.11. The number of hydrogen-bond acceptors (Lipinski definition) is 3. The second-order valence-corrected chi connectivity index (χ2v) is 8.01. The van der Waals surface area contributed by atoms with Crippen molar-refractivity contribution in [1.82, 2.24) is 15.2 Å². The van der Waals surface area contributed by atoms with Gasteiger partial charge in [0.1, 0.15) is 0 Å².